The number of aliphatic hydroxyl groups is 1. The Balaban J connectivity index is 2.93. The van der Waals surface area contributed by atoms with Crippen LogP contribution in [0.5, 0.6) is 17.2 Å². The SMILES string of the molecule is COc1cc(OC)c(OC)cc1CNC(C)(C)CCO. The van der Waals surface area contributed by atoms with E-state index in [1.807, 2.05) is 12.1 Å². The highest BCUT2D eigenvalue weighted by atomic mass is 16.5. The van der Waals surface area contributed by atoms with Crippen molar-refractivity contribution < 1.29 is 19.3 Å². The molecule has 0 fully saturated rings. The van der Waals surface area contributed by atoms with Crippen LogP contribution in [0, 0.1) is 0 Å². The normalized spacial score (nSPS) is 11.3. The van der Waals surface area contributed by atoms with E-state index in [1.165, 1.54) is 0 Å². The molecule has 0 unspecified atom stereocenters. The quantitative estimate of drug-likeness (QED) is 0.764. The van der Waals surface area contributed by atoms with E-state index in [-0.39, 0.29) is 12.1 Å². The van der Waals surface area contributed by atoms with Crippen LogP contribution in [0.4, 0.5) is 0 Å². The second-order valence-corrected chi connectivity index (χ2v) is 5.23. The van der Waals surface area contributed by atoms with Crippen molar-refractivity contribution in [1.82, 2.24) is 5.32 Å². The average molecular weight is 283 g/mol. The molecule has 1 aromatic rings. The van der Waals surface area contributed by atoms with Crippen LogP contribution in [0.25, 0.3) is 0 Å². The number of aliphatic hydroxyl groups excluding tert-OH is 1. The van der Waals surface area contributed by atoms with Crippen LogP contribution in [0.15, 0.2) is 12.1 Å². The smallest absolute Gasteiger partial charge is 0.164 e. The molecule has 0 saturated heterocycles. The van der Waals surface area contributed by atoms with Crippen molar-refractivity contribution in [2.45, 2.75) is 32.4 Å². The van der Waals surface area contributed by atoms with Crippen molar-refractivity contribution in [1.29, 1.82) is 0 Å². The summed E-state index contributed by atoms with van der Waals surface area (Å²) in [6, 6.07) is 3.72. The Hall–Kier alpha value is -1.46. The van der Waals surface area contributed by atoms with E-state index in [2.05, 4.69) is 19.2 Å². The highest BCUT2D eigenvalue weighted by molar-refractivity contribution is 5.50. The molecule has 1 aromatic carbocycles. The van der Waals surface area contributed by atoms with Gasteiger partial charge in [-0.3, -0.25) is 0 Å². The summed E-state index contributed by atoms with van der Waals surface area (Å²) in [5.74, 6) is 2.06. The minimum atomic E-state index is -0.146. The van der Waals surface area contributed by atoms with Crippen molar-refractivity contribution in [3.05, 3.63) is 17.7 Å². The molecule has 0 aliphatic rings. The van der Waals surface area contributed by atoms with Gasteiger partial charge in [0, 0.05) is 30.3 Å². The summed E-state index contributed by atoms with van der Waals surface area (Å²) >= 11 is 0. The molecule has 2 N–H and O–H groups in total. The maximum atomic E-state index is 9.05. The molecule has 0 amide bonds. The number of hydrogen-bond acceptors (Lipinski definition) is 5. The fraction of sp³-hybridized carbons (Fsp3) is 0.600. The predicted molar refractivity (Wildman–Crippen MR) is 78.7 cm³/mol. The summed E-state index contributed by atoms with van der Waals surface area (Å²) in [6.45, 7) is 4.88. The highest BCUT2D eigenvalue weighted by Gasteiger charge is 2.18. The maximum absolute atomic E-state index is 9.05. The Kier molecular flexibility index (Phi) is 6.10. The van der Waals surface area contributed by atoms with Gasteiger partial charge in [-0.1, -0.05) is 0 Å². The van der Waals surface area contributed by atoms with Gasteiger partial charge in [-0.05, 0) is 26.3 Å². The predicted octanol–water partition coefficient (Wildman–Crippen LogP) is 1.96. The van der Waals surface area contributed by atoms with Gasteiger partial charge in [0.2, 0.25) is 0 Å². The number of nitrogens with one attached hydrogen (secondary N) is 1. The van der Waals surface area contributed by atoms with Gasteiger partial charge in [-0.15, -0.1) is 0 Å². The molecular weight excluding hydrogens is 258 g/mol. The zero-order chi connectivity index (χ0) is 15.2. The number of methoxy groups -OCH3 is 3. The zero-order valence-corrected chi connectivity index (χ0v) is 12.9. The third-order valence-corrected chi connectivity index (χ3v) is 3.28. The monoisotopic (exact) mass is 283 g/mol. The third-order valence-electron chi connectivity index (χ3n) is 3.28. The molecule has 0 saturated carbocycles. The molecule has 0 aliphatic heterocycles. The lowest BCUT2D eigenvalue weighted by atomic mass is 10.0. The van der Waals surface area contributed by atoms with E-state index in [0.29, 0.717) is 24.5 Å². The first-order valence-electron chi connectivity index (χ1n) is 6.62. The standard InChI is InChI=1S/C15H25NO4/c1-15(2,6-7-17)16-10-11-8-13(19-4)14(20-5)9-12(11)18-3/h8-9,16-17H,6-7,10H2,1-5H3. The topological polar surface area (TPSA) is 60.0 Å². The summed E-state index contributed by atoms with van der Waals surface area (Å²) in [6.07, 6.45) is 0.683. The molecule has 0 bridgehead atoms. The number of hydrogen-bond donors (Lipinski definition) is 2. The van der Waals surface area contributed by atoms with Gasteiger partial charge < -0.3 is 24.6 Å². The summed E-state index contributed by atoms with van der Waals surface area (Å²) in [7, 11) is 4.83. The van der Waals surface area contributed by atoms with Gasteiger partial charge >= 0.3 is 0 Å². The van der Waals surface area contributed by atoms with Crippen LogP contribution in [0.1, 0.15) is 25.8 Å². The minimum absolute atomic E-state index is 0.146. The van der Waals surface area contributed by atoms with Crippen LogP contribution in [0.2, 0.25) is 0 Å². The lowest BCUT2D eigenvalue weighted by molar-refractivity contribution is 0.229. The molecule has 0 aliphatic carbocycles. The summed E-state index contributed by atoms with van der Waals surface area (Å²) in [4.78, 5) is 0. The Morgan fingerprint density at radius 2 is 1.55 bits per heavy atom. The lowest BCUT2D eigenvalue weighted by Gasteiger charge is -2.26. The van der Waals surface area contributed by atoms with Gasteiger partial charge in [0.25, 0.3) is 0 Å². The van der Waals surface area contributed by atoms with Crippen molar-refractivity contribution in [2.75, 3.05) is 27.9 Å². The molecule has 5 heteroatoms. The fourth-order valence-electron chi connectivity index (χ4n) is 1.93. The van der Waals surface area contributed by atoms with E-state index in [0.717, 1.165) is 11.3 Å². The average Bonchev–Trinajstić information content (AvgIpc) is 2.44. The Morgan fingerprint density at radius 3 is 2.05 bits per heavy atom. The van der Waals surface area contributed by atoms with Crippen LogP contribution in [-0.2, 0) is 6.54 Å². The van der Waals surface area contributed by atoms with Gasteiger partial charge in [0.15, 0.2) is 11.5 Å². The molecule has 0 radical (unpaired) electrons. The summed E-state index contributed by atoms with van der Waals surface area (Å²) in [5.41, 5.74) is 0.837. The Labute approximate surface area is 120 Å². The molecule has 20 heavy (non-hydrogen) atoms. The Bertz CT molecular complexity index is 432. The van der Waals surface area contributed by atoms with Gasteiger partial charge in [-0.25, -0.2) is 0 Å². The molecular formula is C15H25NO4. The maximum Gasteiger partial charge on any atom is 0.164 e. The molecule has 0 atom stereocenters. The second kappa shape index (κ2) is 7.36. The summed E-state index contributed by atoms with van der Waals surface area (Å²) < 4.78 is 16.0. The minimum Gasteiger partial charge on any atom is -0.496 e. The van der Waals surface area contributed by atoms with Crippen LogP contribution in [-0.4, -0.2) is 38.6 Å². The molecule has 0 heterocycles. The van der Waals surface area contributed by atoms with Crippen molar-refractivity contribution >= 4 is 0 Å². The van der Waals surface area contributed by atoms with Crippen LogP contribution < -0.4 is 19.5 Å². The van der Waals surface area contributed by atoms with Gasteiger partial charge in [-0.2, -0.15) is 0 Å². The second-order valence-electron chi connectivity index (χ2n) is 5.23. The van der Waals surface area contributed by atoms with E-state index < -0.39 is 0 Å². The fourth-order valence-corrected chi connectivity index (χ4v) is 1.93. The lowest BCUT2D eigenvalue weighted by Crippen LogP contribution is -2.39. The number of benzene rings is 1. The van der Waals surface area contributed by atoms with E-state index >= 15 is 0 Å². The van der Waals surface area contributed by atoms with E-state index in [9.17, 15) is 0 Å². The van der Waals surface area contributed by atoms with Gasteiger partial charge in [0.05, 0.1) is 21.3 Å². The van der Waals surface area contributed by atoms with Crippen molar-refractivity contribution in [2.24, 2.45) is 0 Å². The molecule has 0 spiro atoms. The number of rotatable bonds is 8. The van der Waals surface area contributed by atoms with Crippen molar-refractivity contribution in [3.63, 3.8) is 0 Å². The van der Waals surface area contributed by atoms with Crippen molar-refractivity contribution in [3.8, 4) is 17.2 Å². The first-order chi connectivity index (χ1) is 9.47. The molecule has 0 aromatic heterocycles. The summed E-state index contributed by atoms with van der Waals surface area (Å²) in [5, 5.41) is 12.5. The molecule has 1 rings (SSSR count). The molecule has 5 nitrogen and oxygen atoms in total. The first-order valence-corrected chi connectivity index (χ1v) is 6.62. The highest BCUT2D eigenvalue weighted by Crippen LogP contribution is 2.34. The van der Waals surface area contributed by atoms with Crippen LogP contribution >= 0.6 is 0 Å². The third kappa shape index (κ3) is 4.28. The van der Waals surface area contributed by atoms with Crippen LogP contribution in [0.3, 0.4) is 0 Å². The largest absolute Gasteiger partial charge is 0.496 e. The number of ether oxygens (including phenoxy) is 3. The zero-order valence-electron chi connectivity index (χ0n) is 12.9. The first kappa shape index (κ1) is 16.6. The Morgan fingerprint density at radius 1 is 1.00 bits per heavy atom. The van der Waals surface area contributed by atoms with Gasteiger partial charge in [0.1, 0.15) is 5.75 Å². The molecule has 114 valence electrons. The van der Waals surface area contributed by atoms with E-state index in [1.54, 1.807) is 21.3 Å². The van der Waals surface area contributed by atoms with E-state index in [4.69, 9.17) is 19.3 Å².